The highest BCUT2D eigenvalue weighted by Gasteiger charge is 2.03. The fraction of sp³-hybridized carbons (Fsp3) is 0.143. The minimum atomic E-state index is -0.0194. The number of hydrogen-bond donors (Lipinski definition) is 1. The van der Waals surface area contributed by atoms with Crippen molar-refractivity contribution in [2.75, 3.05) is 0 Å². The molecule has 18 heavy (non-hydrogen) atoms. The lowest BCUT2D eigenvalue weighted by Gasteiger charge is -2.05. The van der Waals surface area contributed by atoms with Crippen LogP contribution in [0.15, 0.2) is 48.8 Å². The normalized spacial score (nSPS) is 10.1. The highest BCUT2D eigenvalue weighted by molar-refractivity contribution is 6.30. The lowest BCUT2D eigenvalue weighted by atomic mass is 10.1. The summed E-state index contributed by atoms with van der Waals surface area (Å²) in [6, 6.07) is 11.1. The van der Waals surface area contributed by atoms with E-state index < -0.39 is 0 Å². The standard InChI is InChI=1S/C14H13ClN2O/c15-13-3-1-2-12(8-13)9-14(18)17-10-11-4-6-16-7-5-11/h1-8H,9-10H2,(H,17,18). The molecule has 1 aromatic carbocycles. The average molecular weight is 261 g/mol. The molecule has 1 aromatic heterocycles. The van der Waals surface area contributed by atoms with Crippen LogP contribution in [0.3, 0.4) is 0 Å². The average Bonchev–Trinajstić information content (AvgIpc) is 2.38. The molecule has 0 saturated heterocycles. The fourth-order valence-electron chi connectivity index (χ4n) is 1.60. The molecule has 92 valence electrons. The summed E-state index contributed by atoms with van der Waals surface area (Å²) < 4.78 is 0. The van der Waals surface area contributed by atoms with Gasteiger partial charge in [0.05, 0.1) is 6.42 Å². The minimum Gasteiger partial charge on any atom is -0.352 e. The zero-order valence-corrected chi connectivity index (χ0v) is 10.5. The maximum Gasteiger partial charge on any atom is 0.224 e. The Morgan fingerprint density at radius 1 is 1.17 bits per heavy atom. The van der Waals surface area contributed by atoms with Crippen molar-refractivity contribution in [1.82, 2.24) is 10.3 Å². The molecule has 2 aromatic rings. The van der Waals surface area contributed by atoms with E-state index in [4.69, 9.17) is 11.6 Å². The summed E-state index contributed by atoms with van der Waals surface area (Å²) in [6.07, 6.45) is 3.75. The number of pyridine rings is 1. The summed E-state index contributed by atoms with van der Waals surface area (Å²) in [7, 11) is 0. The van der Waals surface area contributed by atoms with Crippen molar-refractivity contribution in [2.24, 2.45) is 0 Å². The molecule has 4 heteroatoms. The zero-order chi connectivity index (χ0) is 12.8. The molecule has 0 spiro atoms. The van der Waals surface area contributed by atoms with E-state index in [0.29, 0.717) is 18.0 Å². The second-order valence-corrected chi connectivity index (χ2v) is 4.38. The van der Waals surface area contributed by atoms with Gasteiger partial charge in [0.2, 0.25) is 5.91 Å². The van der Waals surface area contributed by atoms with Gasteiger partial charge >= 0.3 is 0 Å². The first kappa shape index (κ1) is 12.6. The molecule has 1 heterocycles. The van der Waals surface area contributed by atoms with E-state index in [1.807, 2.05) is 24.3 Å². The third-order valence-corrected chi connectivity index (χ3v) is 2.73. The number of carbonyl (C=O) groups is 1. The number of hydrogen-bond acceptors (Lipinski definition) is 2. The Hall–Kier alpha value is -1.87. The summed E-state index contributed by atoms with van der Waals surface area (Å²) in [5, 5.41) is 3.50. The summed E-state index contributed by atoms with van der Waals surface area (Å²) in [4.78, 5) is 15.6. The molecular formula is C14H13ClN2O. The minimum absolute atomic E-state index is 0.0194. The second-order valence-electron chi connectivity index (χ2n) is 3.94. The molecule has 3 nitrogen and oxygen atoms in total. The number of aromatic nitrogens is 1. The van der Waals surface area contributed by atoms with Crippen LogP contribution in [0.2, 0.25) is 5.02 Å². The van der Waals surface area contributed by atoms with Crippen molar-refractivity contribution in [3.8, 4) is 0 Å². The predicted octanol–water partition coefficient (Wildman–Crippen LogP) is 2.59. The molecule has 0 unspecified atom stereocenters. The molecule has 0 fully saturated rings. The number of halogens is 1. The van der Waals surface area contributed by atoms with Gasteiger partial charge < -0.3 is 5.32 Å². The Morgan fingerprint density at radius 3 is 2.67 bits per heavy atom. The second kappa shape index (κ2) is 6.17. The van der Waals surface area contributed by atoms with Crippen LogP contribution in [-0.4, -0.2) is 10.9 Å². The monoisotopic (exact) mass is 260 g/mol. The number of rotatable bonds is 4. The quantitative estimate of drug-likeness (QED) is 0.918. The third-order valence-electron chi connectivity index (χ3n) is 2.49. The van der Waals surface area contributed by atoms with Crippen molar-refractivity contribution in [1.29, 1.82) is 0 Å². The lowest BCUT2D eigenvalue weighted by molar-refractivity contribution is -0.120. The van der Waals surface area contributed by atoms with E-state index in [2.05, 4.69) is 10.3 Å². The molecule has 1 N–H and O–H groups in total. The van der Waals surface area contributed by atoms with Gasteiger partial charge in [-0.1, -0.05) is 23.7 Å². The van der Waals surface area contributed by atoms with Crippen LogP contribution in [0.5, 0.6) is 0 Å². The lowest BCUT2D eigenvalue weighted by Crippen LogP contribution is -2.24. The van der Waals surface area contributed by atoms with Crippen molar-refractivity contribution < 1.29 is 4.79 Å². The van der Waals surface area contributed by atoms with Crippen LogP contribution < -0.4 is 5.32 Å². The number of amides is 1. The molecule has 0 atom stereocenters. The van der Waals surface area contributed by atoms with Gasteiger partial charge in [0.1, 0.15) is 0 Å². The molecule has 0 bridgehead atoms. The third kappa shape index (κ3) is 3.86. The van der Waals surface area contributed by atoms with Crippen molar-refractivity contribution in [3.05, 3.63) is 64.9 Å². The smallest absolute Gasteiger partial charge is 0.224 e. The summed E-state index contributed by atoms with van der Waals surface area (Å²) in [5.41, 5.74) is 1.94. The van der Waals surface area contributed by atoms with E-state index >= 15 is 0 Å². The van der Waals surface area contributed by atoms with Crippen LogP contribution in [-0.2, 0) is 17.8 Å². The van der Waals surface area contributed by atoms with Gasteiger partial charge in [-0.3, -0.25) is 9.78 Å². The summed E-state index contributed by atoms with van der Waals surface area (Å²) in [5.74, 6) is -0.0194. The van der Waals surface area contributed by atoms with E-state index in [1.54, 1.807) is 24.5 Å². The van der Waals surface area contributed by atoms with Crippen molar-refractivity contribution >= 4 is 17.5 Å². The van der Waals surface area contributed by atoms with Gasteiger partial charge in [-0.25, -0.2) is 0 Å². The highest BCUT2D eigenvalue weighted by Crippen LogP contribution is 2.11. The number of benzene rings is 1. The Morgan fingerprint density at radius 2 is 1.94 bits per heavy atom. The van der Waals surface area contributed by atoms with Crippen molar-refractivity contribution in [3.63, 3.8) is 0 Å². The van der Waals surface area contributed by atoms with Gasteiger partial charge in [-0.2, -0.15) is 0 Å². The maximum absolute atomic E-state index is 11.7. The molecule has 0 saturated carbocycles. The van der Waals surface area contributed by atoms with E-state index in [1.165, 1.54) is 0 Å². The Bertz CT molecular complexity index is 528. The first-order valence-corrected chi connectivity index (χ1v) is 6.02. The molecular weight excluding hydrogens is 248 g/mol. The summed E-state index contributed by atoms with van der Waals surface area (Å²) >= 11 is 5.86. The molecule has 0 aliphatic heterocycles. The Balaban J connectivity index is 1.86. The molecule has 0 aliphatic carbocycles. The van der Waals surface area contributed by atoms with Gasteiger partial charge in [0, 0.05) is 24.0 Å². The number of nitrogens with zero attached hydrogens (tertiary/aromatic N) is 1. The topological polar surface area (TPSA) is 42.0 Å². The van der Waals surface area contributed by atoms with Crippen LogP contribution >= 0.6 is 11.6 Å². The zero-order valence-electron chi connectivity index (χ0n) is 9.77. The van der Waals surface area contributed by atoms with Crippen LogP contribution in [0.4, 0.5) is 0 Å². The van der Waals surface area contributed by atoms with Crippen LogP contribution in [0, 0.1) is 0 Å². The SMILES string of the molecule is O=C(Cc1cccc(Cl)c1)NCc1ccncc1. The van der Waals surface area contributed by atoms with Gasteiger partial charge in [0.15, 0.2) is 0 Å². The largest absolute Gasteiger partial charge is 0.352 e. The van der Waals surface area contributed by atoms with E-state index in [9.17, 15) is 4.79 Å². The first-order valence-electron chi connectivity index (χ1n) is 5.64. The van der Waals surface area contributed by atoms with Crippen molar-refractivity contribution in [2.45, 2.75) is 13.0 Å². The number of carbonyl (C=O) groups excluding carboxylic acids is 1. The molecule has 2 rings (SSSR count). The number of nitrogens with one attached hydrogen (secondary N) is 1. The molecule has 0 radical (unpaired) electrons. The van der Waals surface area contributed by atoms with Gasteiger partial charge in [0.25, 0.3) is 0 Å². The molecule has 0 aliphatic rings. The van der Waals surface area contributed by atoms with Gasteiger partial charge in [-0.05, 0) is 35.4 Å². The van der Waals surface area contributed by atoms with Crippen LogP contribution in [0.25, 0.3) is 0 Å². The van der Waals surface area contributed by atoms with Gasteiger partial charge in [-0.15, -0.1) is 0 Å². The first-order chi connectivity index (χ1) is 8.74. The Kier molecular flexibility index (Phi) is 4.31. The summed E-state index contributed by atoms with van der Waals surface area (Å²) in [6.45, 7) is 0.516. The molecule has 1 amide bonds. The highest BCUT2D eigenvalue weighted by atomic mass is 35.5. The van der Waals surface area contributed by atoms with Crippen LogP contribution in [0.1, 0.15) is 11.1 Å². The predicted molar refractivity (Wildman–Crippen MR) is 71.2 cm³/mol. The van der Waals surface area contributed by atoms with E-state index in [0.717, 1.165) is 11.1 Å². The maximum atomic E-state index is 11.7. The Labute approximate surface area is 111 Å². The fourth-order valence-corrected chi connectivity index (χ4v) is 1.81. The van der Waals surface area contributed by atoms with E-state index in [-0.39, 0.29) is 5.91 Å².